The molecule has 0 fully saturated rings. The lowest BCUT2D eigenvalue weighted by Gasteiger charge is -2.18. The first kappa shape index (κ1) is 66.4. The van der Waals surface area contributed by atoms with Gasteiger partial charge in [0.25, 0.3) is 0 Å². The lowest BCUT2D eigenvalue weighted by atomic mass is 9.99. The third-order valence-electron chi connectivity index (χ3n) is 14.7. The van der Waals surface area contributed by atoms with Gasteiger partial charge in [-0.25, -0.2) is 0 Å². The van der Waals surface area contributed by atoms with Crippen molar-refractivity contribution in [3.8, 4) is 0 Å². The monoisotopic (exact) mass is 961 g/mol. The number of carbonyl (C=O) groups is 3. The highest BCUT2D eigenvalue weighted by Gasteiger charge is 2.19. The molecular weight excluding hydrogens is 841 g/mol. The van der Waals surface area contributed by atoms with Crippen LogP contribution in [0, 0.1) is 5.92 Å². The molecule has 6 heteroatoms. The standard InChI is InChI=1S/C62H120O6/c1-5-8-10-12-14-16-18-20-21-27-30-34-37-41-45-49-53-60(63)66-56-59(68-62(65)55-51-47-43-39-33-19-17-15-13-11-9-6-2)57-67-61(64)54-50-46-42-38-35-31-28-25-23-22-24-26-29-32-36-40-44-48-52-58(4)7-3/h58-59H,5-57H2,1-4H3/t58?,59-/m1/s1. The van der Waals surface area contributed by atoms with Crippen LogP contribution in [0.25, 0.3) is 0 Å². The molecule has 6 nitrogen and oxygen atoms in total. The summed E-state index contributed by atoms with van der Waals surface area (Å²) in [7, 11) is 0. The van der Waals surface area contributed by atoms with E-state index >= 15 is 0 Å². The summed E-state index contributed by atoms with van der Waals surface area (Å²) in [5.74, 6) is 0.0789. The molecule has 68 heavy (non-hydrogen) atoms. The molecule has 0 radical (unpaired) electrons. The summed E-state index contributed by atoms with van der Waals surface area (Å²) in [4.78, 5) is 38.2. The highest BCUT2D eigenvalue weighted by atomic mass is 16.6. The van der Waals surface area contributed by atoms with Crippen LogP contribution in [0.15, 0.2) is 0 Å². The van der Waals surface area contributed by atoms with E-state index in [1.807, 2.05) is 0 Å². The Morgan fingerprint density at radius 3 is 0.765 bits per heavy atom. The van der Waals surface area contributed by atoms with Crippen molar-refractivity contribution in [2.45, 2.75) is 361 Å². The van der Waals surface area contributed by atoms with Crippen molar-refractivity contribution < 1.29 is 28.6 Å². The first-order chi connectivity index (χ1) is 33.4. The lowest BCUT2D eigenvalue weighted by Crippen LogP contribution is -2.30. The number of rotatable bonds is 57. The number of esters is 3. The van der Waals surface area contributed by atoms with Crippen molar-refractivity contribution in [1.82, 2.24) is 0 Å². The smallest absolute Gasteiger partial charge is 0.306 e. The number of hydrogen-bond acceptors (Lipinski definition) is 6. The normalized spacial score (nSPS) is 12.4. The summed E-state index contributed by atoms with van der Waals surface area (Å²) in [6, 6.07) is 0. The van der Waals surface area contributed by atoms with Gasteiger partial charge in [0, 0.05) is 19.3 Å². The molecule has 2 atom stereocenters. The molecule has 0 heterocycles. The van der Waals surface area contributed by atoms with Crippen LogP contribution in [0.5, 0.6) is 0 Å². The number of carbonyl (C=O) groups excluding carboxylic acids is 3. The molecule has 0 rings (SSSR count). The molecule has 0 bridgehead atoms. The summed E-state index contributed by atoms with van der Waals surface area (Å²) in [5.41, 5.74) is 0. The van der Waals surface area contributed by atoms with Crippen molar-refractivity contribution in [2.75, 3.05) is 13.2 Å². The second-order valence-electron chi connectivity index (χ2n) is 21.6. The summed E-state index contributed by atoms with van der Waals surface area (Å²) in [6.45, 7) is 9.12. The molecule has 0 saturated heterocycles. The molecule has 404 valence electrons. The van der Waals surface area contributed by atoms with Crippen LogP contribution in [0.4, 0.5) is 0 Å². The Morgan fingerprint density at radius 1 is 0.294 bits per heavy atom. The van der Waals surface area contributed by atoms with E-state index in [-0.39, 0.29) is 31.1 Å². The highest BCUT2D eigenvalue weighted by Crippen LogP contribution is 2.19. The van der Waals surface area contributed by atoms with Crippen molar-refractivity contribution in [1.29, 1.82) is 0 Å². The Hall–Kier alpha value is -1.59. The van der Waals surface area contributed by atoms with Crippen molar-refractivity contribution >= 4 is 17.9 Å². The van der Waals surface area contributed by atoms with Crippen LogP contribution in [-0.2, 0) is 28.6 Å². The maximum atomic E-state index is 12.8. The maximum Gasteiger partial charge on any atom is 0.306 e. The molecule has 0 aromatic rings. The molecular formula is C62H120O6. The average Bonchev–Trinajstić information content (AvgIpc) is 3.34. The lowest BCUT2D eigenvalue weighted by molar-refractivity contribution is -0.167. The van der Waals surface area contributed by atoms with E-state index in [0.717, 1.165) is 63.7 Å². The molecule has 0 aliphatic rings. The van der Waals surface area contributed by atoms with Crippen LogP contribution in [0.3, 0.4) is 0 Å². The fraction of sp³-hybridized carbons (Fsp3) is 0.952. The highest BCUT2D eigenvalue weighted by molar-refractivity contribution is 5.71. The van der Waals surface area contributed by atoms with Crippen LogP contribution >= 0.6 is 0 Å². The average molecular weight is 962 g/mol. The predicted octanol–water partition coefficient (Wildman–Crippen LogP) is 20.6. The molecule has 1 unspecified atom stereocenters. The zero-order valence-electron chi connectivity index (χ0n) is 46.6. The topological polar surface area (TPSA) is 78.9 Å². The second kappa shape index (κ2) is 56.3. The zero-order chi connectivity index (χ0) is 49.5. The van der Waals surface area contributed by atoms with Crippen molar-refractivity contribution in [3.63, 3.8) is 0 Å². The van der Waals surface area contributed by atoms with Gasteiger partial charge in [0.1, 0.15) is 13.2 Å². The maximum absolute atomic E-state index is 12.8. The number of unbranched alkanes of at least 4 members (excludes halogenated alkanes) is 43. The van der Waals surface area contributed by atoms with Crippen molar-refractivity contribution in [2.24, 2.45) is 5.92 Å². The van der Waals surface area contributed by atoms with Crippen molar-refractivity contribution in [3.05, 3.63) is 0 Å². The fourth-order valence-corrected chi connectivity index (χ4v) is 9.60. The second-order valence-corrected chi connectivity index (χ2v) is 21.6. The molecule has 0 amide bonds. The van der Waals surface area contributed by atoms with E-state index in [1.54, 1.807) is 0 Å². The van der Waals surface area contributed by atoms with Crippen LogP contribution in [-0.4, -0.2) is 37.2 Å². The molecule has 0 saturated carbocycles. The molecule has 0 aliphatic carbocycles. The Morgan fingerprint density at radius 2 is 0.515 bits per heavy atom. The predicted molar refractivity (Wildman–Crippen MR) is 293 cm³/mol. The van der Waals surface area contributed by atoms with Gasteiger partial charge in [-0.2, -0.15) is 0 Å². The van der Waals surface area contributed by atoms with E-state index in [1.165, 1.54) is 250 Å². The van der Waals surface area contributed by atoms with Gasteiger partial charge in [0.15, 0.2) is 6.10 Å². The Labute approximate surface area is 425 Å². The van der Waals surface area contributed by atoms with Gasteiger partial charge in [0.2, 0.25) is 0 Å². The van der Waals surface area contributed by atoms with Gasteiger partial charge in [0.05, 0.1) is 0 Å². The SMILES string of the molecule is CCCCCCCCCCCCCCCCCCC(=O)OC[C@H](COC(=O)CCCCCCCCCCCCCCCCCCCCC(C)CC)OC(=O)CCCCCCCCCCCCCC. The van der Waals surface area contributed by atoms with Gasteiger partial charge in [-0.1, -0.05) is 317 Å². The van der Waals surface area contributed by atoms with E-state index in [4.69, 9.17) is 14.2 Å². The van der Waals surface area contributed by atoms with E-state index in [0.29, 0.717) is 19.3 Å². The van der Waals surface area contributed by atoms with Gasteiger partial charge in [-0.3, -0.25) is 14.4 Å². The fourth-order valence-electron chi connectivity index (χ4n) is 9.60. The third-order valence-corrected chi connectivity index (χ3v) is 14.7. The number of hydrogen-bond donors (Lipinski definition) is 0. The zero-order valence-corrected chi connectivity index (χ0v) is 46.6. The molecule has 0 N–H and O–H groups in total. The largest absolute Gasteiger partial charge is 0.462 e. The van der Waals surface area contributed by atoms with E-state index in [9.17, 15) is 14.4 Å². The minimum atomic E-state index is -0.762. The summed E-state index contributed by atoms with van der Waals surface area (Å²) < 4.78 is 16.9. The van der Waals surface area contributed by atoms with Gasteiger partial charge >= 0.3 is 17.9 Å². The minimum absolute atomic E-state index is 0.0614. The molecule has 0 aliphatic heterocycles. The van der Waals surface area contributed by atoms with E-state index < -0.39 is 6.10 Å². The van der Waals surface area contributed by atoms with Gasteiger partial charge in [-0.05, 0) is 25.2 Å². The van der Waals surface area contributed by atoms with Crippen LogP contribution in [0.1, 0.15) is 355 Å². The number of ether oxygens (including phenoxy) is 3. The Bertz CT molecular complexity index is 1030. The summed E-state index contributed by atoms with van der Waals surface area (Å²) in [6.07, 6.45) is 62.4. The summed E-state index contributed by atoms with van der Waals surface area (Å²) >= 11 is 0. The van der Waals surface area contributed by atoms with Crippen LogP contribution < -0.4 is 0 Å². The summed E-state index contributed by atoms with van der Waals surface area (Å²) in [5, 5.41) is 0. The first-order valence-electron chi connectivity index (χ1n) is 30.9. The Balaban J connectivity index is 4.21. The first-order valence-corrected chi connectivity index (χ1v) is 30.9. The molecule has 0 aromatic carbocycles. The van der Waals surface area contributed by atoms with E-state index in [2.05, 4.69) is 27.7 Å². The quantitative estimate of drug-likeness (QED) is 0.0343. The van der Waals surface area contributed by atoms with Gasteiger partial charge < -0.3 is 14.2 Å². The third kappa shape index (κ3) is 53.8. The molecule has 0 spiro atoms. The van der Waals surface area contributed by atoms with Crippen LogP contribution in [0.2, 0.25) is 0 Å². The molecule has 0 aromatic heterocycles. The Kier molecular flexibility index (Phi) is 55.0. The van der Waals surface area contributed by atoms with Gasteiger partial charge in [-0.15, -0.1) is 0 Å². The minimum Gasteiger partial charge on any atom is -0.462 e.